The molecule has 216 valence electrons. The first kappa shape index (κ1) is 30.7. The van der Waals surface area contributed by atoms with Gasteiger partial charge in [-0.1, -0.05) is 38.8 Å². The van der Waals surface area contributed by atoms with E-state index in [4.69, 9.17) is 28.1 Å². The van der Waals surface area contributed by atoms with E-state index in [1.165, 1.54) is 7.11 Å². The number of para-hydroxylation sites is 1. The zero-order chi connectivity index (χ0) is 28.7. The molecule has 0 aliphatic heterocycles. The Balaban J connectivity index is 1.84. The Morgan fingerprint density at radius 3 is 2.30 bits per heavy atom. The highest BCUT2D eigenvalue weighted by atomic mass is 16.7. The quantitative estimate of drug-likeness (QED) is 0.106. The van der Waals surface area contributed by atoms with Crippen LogP contribution < -0.4 is 19.6 Å². The molecule has 0 N–H and O–H groups in total. The Kier molecular flexibility index (Phi) is 12.5. The summed E-state index contributed by atoms with van der Waals surface area (Å²) in [7, 11) is 1.52. The third kappa shape index (κ3) is 8.84. The van der Waals surface area contributed by atoms with E-state index in [0.29, 0.717) is 54.1 Å². The number of ether oxygens (including phenoxy) is 5. The van der Waals surface area contributed by atoms with E-state index in [9.17, 15) is 14.4 Å². The first-order valence-corrected chi connectivity index (χ1v) is 13.8. The first-order chi connectivity index (χ1) is 19.5. The van der Waals surface area contributed by atoms with Crippen molar-refractivity contribution >= 4 is 22.9 Å². The van der Waals surface area contributed by atoms with Gasteiger partial charge in [-0.15, -0.1) is 0 Å². The molecule has 9 nitrogen and oxygen atoms in total. The second kappa shape index (κ2) is 16.3. The summed E-state index contributed by atoms with van der Waals surface area (Å²) >= 11 is 0. The summed E-state index contributed by atoms with van der Waals surface area (Å²) in [5.74, 6) is -0.0572. The van der Waals surface area contributed by atoms with Crippen LogP contribution in [-0.2, 0) is 19.1 Å². The van der Waals surface area contributed by atoms with Crippen molar-refractivity contribution < 1.29 is 37.7 Å². The summed E-state index contributed by atoms with van der Waals surface area (Å²) in [6.45, 7) is 5.00. The first-order valence-electron chi connectivity index (χ1n) is 13.8. The lowest BCUT2D eigenvalue weighted by Crippen LogP contribution is -2.16. The number of unbranched alkanes of at least 4 members (excludes halogenated alkanes) is 3. The topological polar surface area (TPSA) is 111 Å². The van der Waals surface area contributed by atoms with E-state index < -0.39 is 11.4 Å². The summed E-state index contributed by atoms with van der Waals surface area (Å²) in [4.78, 5) is 38.0. The molecule has 0 atom stereocenters. The van der Waals surface area contributed by atoms with Crippen LogP contribution in [0.2, 0.25) is 0 Å². The molecule has 0 saturated heterocycles. The lowest BCUT2D eigenvalue weighted by molar-refractivity contribution is -0.144. The highest BCUT2D eigenvalue weighted by Gasteiger charge is 2.22. The second-order valence-electron chi connectivity index (χ2n) is 9.26. The van der Waals surface area contributed by atoms with Crippen LogP contribution in [0.5, 0.6) is 17.2 Å². The van der Waals surface area contributed by atoms with Gasteiger partial charge in [-0.2, -0.15) is 0 Å². The number of hydrogen-bond acceptors (Lipinski definition) is 9. The van der Waals surface area contributed by atoms with Crippen LogP contribution in [0, 0.1) is 0 Å². The van der Waals surface area contributed by atoms with E-state index in [2.05, 4.69) is 6.92 Å². The predicted octanol–water partition coefficient (Wildman–Crippen LogP) is 6.43. The van der Waals surface area contributed by atoms with Gasteiger partial charge in [0.15, 0.2) is 24.1 Å². The molecule has 2 aromatic carbocycles. The summed E-state index contributed by atoms with van der Waals surface area (Å²) in [5.41, 5.74) is 0.381. The minimum absolute atomic E-state index is 0.0309. The molecule has 40 heavy (non-hydrogen) atoms. The number of carbonyl (C=O) groups excluding carboxylic acids is 2. The maximum atomic E-state index is 13.4. The van der Waals surface area contributed by atoms with E-state index in [-0.39, 0.29) is 37.1 Å². The van der Waals surface area contributed by atoms with Crippen molar-refractivity contribution in [1.29, 1.82) is 0 Å². The van der Waals surface area contributed by atoms with Crippen molar-refractivity contribution in [3.8, 4) is 28.6 Å². The second-order valence-corrected chi connectivity index (χ2v) is 9.26. The zero-order valence-electron chi connectivity index (χ0n) is 23.5. The minimum Gasteiger partial charge on any atom is -0.490 e. The summed E-state index contributed by atoms with van der Waals surface area (Å²) < 4.78 is 33.5. The third-order valence-electron chi connectivity index (χ3n) is 6.04. The normalized spacial score (nSPS) is 10.9. The number of hydrogen-bond donors (Lipinski definition) is 0. The van der Waals surface area contributed by atoms with Crippen molar-refractivity contribution in [1.82, 2.24) is 0 Å². The van der Waals surface area contributed by atoms with E-state index in [0.717, 1.165) is 25.7 Å². The Labute approximate surface area is 234 Å². The zero-order valence-corrected chi connectivity index (χ0v) is 23.5. The van der Waals surface area contributed by atoms with Gasteiger partial charge in [0.05, 0.1) is 18.6 Å². The average molecular weight is 555 g/mol. The van der Waals surface area contributed by atoms with Crippen LogP contribution in [0.4, 0.5) is 0 Å². The number of carbonyl (C=O) groups is 2. The average Bonchev–Trinajstić information content (AvgIpc) is 2.96. The monoisotopic (exact) mass is 554 g/mol. The van der Waals surface area contributed by atoms with Crippen molar-refractivity contribution in [3.63, 3.8) is 0 Å². The molecule has 0 bridgehead atoms. The van der Waals surface area contributed by atoms with E-state index in [1.54, 1.807) is 42.5 Å². The largest absolute Gasteiger partial charge is 0.490 e. The third-order valence-corrected chi connectivity index (χ3v) is 6.04. The Hall–Kier alpha value is -3.85. The van der Waals surface area contributed by atoms with Crippen molar-refractivity contribution in [2.45, 2.75) is 65.2 Å². The molecule has 3 rings (SSSR count). The van der Waals surface area contributed by atoms with Gasteiger partial charge < -0.3 is 28.1 Å². The van der Waals surface area contributed by atoms with Crippen LogP contribution >= 0.6 is 0 Å². The lowest BCUT2D eigenvalue weighted by Gasteiger charge is -2.15. The van der Waals surface area contributed by atoms with E-state index >= 15 is 0 Å². The lowest BCUT2D eigenvalue weighted by atomic mass is 10.1. The highest BCUT2D eigenvalue weighted by molar-refractivity contribution is 5.84. The van der Waals surface area contributed by atoms with Crippen molar-refractivity contribution in [2.75, 3.05) is 27.1 Å². The fourth-order valence-corrected chi connectivity index (χ4v) is 3.84. The maximum absolute atomic E-state index is 13.4. The molecular weight excluding hydrogens is 516 g/mol. The van der Waals surface area contributed by atoms with Gasteiger partial charge in [-0.05, 0) is 56.0 Å². The molecule has 0 fully saturated rings. The molecule has 0 saturated carbocycles. The van der Waals surface area contributed by atoms with Gasteiger partial charge in [0.1, 0.15) is 5.58 Å². The maximum Gasteiger partial charge on any atom is 0.311 e. The molecule has 0 radical (unpaired) electrons. The van der Waals surface area contributed by atoms with Crippen LogP contribution in [0.1, 0.15) is 65.2 Å². The summed E-state index contributed by atoms with van der Waals surface area (Å²) in [6, 6.07) is 11.9. The van der Waals surface area contributed by atoms with Gasteiger partial charge in [0, 0.05) is 25.5 Å². The molecule has 1 heterocycles. The summed E-state index contributed by atoms with van der Waals surface area (Å²) in [6.07, 6.45) is 4.71. The number of benzene rings is 2. The number of esters is 2. The van der Waals surface area contributed by atoms with Gasteiger partial charge in [-0.25, -0.2) is 0 Å². The van der Waals surface area contributed by atoms with Crippen LogP contribution in [0.15, 0.2) is 51.7 Å². The number of methoxy groups -OCH3 is 1. The van der Waals surface area contributed by atoms with Gasteiger partial charge in [0.2, 0.25) is 11.2 Å². The number of rotatable bonds is 17. The molecule has 0 spiro atoms. The molecule has 1 aromatic heterocycles. The van der Waals surface area contributed by atoms with Crippen LogP contribution in [0.3, 0.4) is 0 Å². The van der Waals surface area contributed by atoms with Gasteiger partial charge in [0.25, 0.3) is 0 Å². The fraction of sp³-hybridized carbons (Fsp3) is 0.452. The molecule has 0 aliphatic rings. The van der Waals surface area contributed by atoms with Crippen LogP contribution in [-0.4, -0.2) is 39.1 Å². The Morgan fingerprint density at radius 2 is 1.55 bits per heavy atom. The molecule has 0 aliphatic carbocycles. The molecule has 3 aromatic rings. The van der Waals surface area contributed by atoms with Crippen molar-refractivity contribution in [2.24, 2.45) is 0 Å². The number of fused-ring (bicyclic) bond motifs is 1. The molecule has 0 amide bonds. The van der Waals surface area contributed by atoms with Crippen molar-refractivity contribution in [3.05, 3.63) is 52.7 Å². The molecule has 0 unspecified atom stereocenters. The predicted molar refractivity (Wildman–Crippen MR) is 151 cm³/mol. The fourth-order valence-electron chi connectivity index (χ4n) is 3.84. The smallest absolute Gasteiger partial charge is 0.311 e. The Morgan fingerprint density at radius 1 is 0.825 bits per heavy atom. The van der Waals surface area contributed by atoms with Gasteiger partial charge in [-0.3, -0.25) is 14.4 Å². The molecule has 9 heteroatoms. The van der Waals surface area contributed by atoms with Gasteiger partial charge >= 0.3 is 11.9 Å². The highest BCUT2D eigenvalue weighted by Crippen LogP contribution is 2.37. The summed E-state index contributed by atoms with van der Waals surface area (Å²) in [5, 5.41) is 0.295. The standard InChI is InChI=1S/C31H38O9/c1-4-6-18-36-26-20-22(16-17-25(26)38-21-35-3)30-31(29(34)23-12-8-9-13-24(23)39-30)40-28(33)15-11-10-14-27(32)37-19-7-5-2/h8-9,12-13,16-17,20H,4-7,10-11,14-15,18-19,21H2,1-3H3. The van der Waals surface area contributed by atoms with E-state index in [1.807, 2.05) is 6.92 Å². The SMILES string of the molecule is CCCCOC(=O)CCCCC(=O)Oc1c(-c2ccc(OCOC)c(OCCCC)c2)oc2ccccc2c1=O. The minimum atomic E-state index is -0.595. The Bertz CT molecular complexity index is 1310. The molecular formula is C31H38O9. The van der Waals surface area contributed by atoms with Crippen LogP contribution in [0.25, 0.3) is 22.3 Å².